The van der Waals surface area contributed by atoms with E-state index < -0.39 is 6.10 Å². The Kier molecular flexibility index (Phi) is 7.23. The van der Waals surface area contributed by atoms with Crippen LogP contribution < -0.4 is 5.73 Å². The third-order valence-electron chi connectivity index (χ3n) is 5.79. The number of hydrogen-bond acceptors (Lipinski definition) is 3. The van der Waals surface area contributed by atoms with E-state index >= 15 is 0 Å². The van der Waals surface area contributed by atoms with Gasteiger partial charge in [0.25, 0.3) is 0 Å². The maximum atomic E-state index is 13.0. The van der Waals surface area contributed by atoms with Gasteiger partial charge in [0.1, 0.15) is 5.82 Å². The van der Waals surface area contributed by atoms with Crippen molar-refractivity contribution in [3.05, 3.63) is 35.6 Å². The second-order valence-corrected chi connectivity index (χ2v) is 7.19. The van der Waals surface area contributed by atoms with Gasteiger partial charge in [-0.15, -0.1) is 12.4 Å². The van der Waals surface area contributed by atoms with Crippen LogP contribution in [0.15, 0.2) is 24.3 Å². The molecule has 6 heteroatoms. The van der Waals surface area contributed by atoms with Crippen LogP contribution in [0.1, 0.15) is 43.8 Å². The zero-order valence-corrected chi connectivity index (χ0v) is 15.3. The number of piperidine rings is 1. The van der Waals surface area contributed by atoms with Gasteiger partial charge < -0.3 is 15.7 Å². The standard InChI is InChI=1S/C19H27FN2O2.ClH/c20-16-6-4-13(5-7-16)18(23)14-8-10-22(11-9-14)19(24)17-3-1-2-15(17)12-21;/h4-7,14-15,17-18,23H,1-3,8-12,21H2;1H/t15-,17-,18?;/m1./s1. The molecule has 1 unspecified atom stereocenters. The van der Waals surface area contributed by atoms with Gasteiger partial charge in [-0.2, -0.15) is 0 Å². The van der Waals surface area contributed by atoms with Crippen molar-refractivity contribution in [2.24, 2.45) is 23.5 Å². The fourth-order valence-electron chi connectivity index (χ4n) is 4.25. The summed E-state index contributed by atoms with van der Waals surface area (Å²) >= 11 is 0. The summed E-state index contributed by atoms with van der Waals surface area (Å²) in [6.07, 6.45) is 4.09. The number of likely N-dealkylation sites (tertiary alicyclic amines) is 1. The summed E-state index contributed by atoms with van der Waals surface area (Å²) < 4.78 is 13.0. The van der Waals surface area contributed by atoms with Crippen LogP contribution in [0.3, 0.4) is 0 Å². The van der Waals surface area contributed by atoms with E-state index in [1.807, 2.05) is 4.90 Å². The van der Waals surface area contributed by atoms with Gasteiger partial charge in [-0.25, -0.2) is 4.39 Å². The molecular formula is C19H28ClFN2O2. The SMILES string of the molecule is Cl.NC[C@H]1CCC[C@H]1C(=O)N1CCC(C(O)c2ccc(F)cc2)CC1. The van der Waals surface area contributed by atoms with E-state index in [1.54, 1.807) is 12.1 Å². The molecule has 3 atom stereocenters. The van der Waals surface area contributed by atoms with Crippen molar-refractivity contribution in [2.75, 3.05) is 19.6 Å². The molecule has 1 amide bonds. The molecule has 1 heterocycles. The molecule has 1 saturated heterocycles. The average molecular weight is 371 g/mol. The summed E-state index contributed by atoms with van der Waals surface area (Å²) in [5.74, 6) is 0.497. The van der Waals surface area contributed by atoms with Crippen LogP contribution in [0.2, 0.25) is 0 Å². The van der Waals surface area contributed by atoms with Gasteiger partial charge in [0.15, 0.2) is 0 Å². The molecule has 4 nitrogen and oxygen atoms in total. The molecule has 25 heavy (non-hydrogen) atoms. The zero-order chi connectivity index (χ0) is 17.1. The first-order valence-corrected chi connectivity index (χ1v) is 9.02. The summed E-state index contributed by atoms with van der Waals surface area (Å²) in [6.45, 7) is 1.97. The van der Waals surface area contributed by atoms with Crippen molar-refractivity contribution < 1.29 is 14.3 Å². The highest BCUT2D eigenvalue weighted by Gasteiger charge is 2.36. The van der Waals surface area contributed by atoms with Gasteiger partial charge in [-0.05, 0) is 61.8 Å². The zero-order valence-electron chi connectivity index (χ0n) is 14.4. The van der Waals surface area contributed by atoms with E-state index in [2.05, 4.69) is 0 Å². The number of hydrogen-bond donors (Lipinski definition) is 2. The Morgan fingerprint density at radius 3 is 2.44 bits per heavy atom. The van der Waals surface area contributed by atoms with Gasteiger partial charge in [-0.1, -0.05) is 18.6 Å². The number of carbonyl (C=O) groups excluding carboxylic acids is 1. The fourth-order valence-corrected chi connectivity index (χ4v) is 4.25. The molecule has 140 valence electrons. The van der Waals surface area contributed by atoms with Crippen LogP contribution >= 0.6 is 12.4 Å². The van der Waals surface area contributed by atoms with E-state index in [-0.39, 0.29) is 36.0 Å². The van der Waals surface area contributed by atoms with Crippen molar-refractivity contribution in [1.82, 2.24) is 4.90 Å². The highest BCUT2D eigenvalue weighted by atomic mass is 35.5. The quantitative estimate of drug-likeness (QED) is 0.856. The van der Waals surface area contributed by atoms with Crippen LogP contribution in [0.4, 0.5) is 4.39 Å². The minimum absolute atomic E-state index is 0. The predicted molar refractivity (Wildman–Crippen MR) is 97.8 cm³/mol. The Morgan fingerprint density at radius 1 is 1.20 bits per heavy atom. The highest BCUT2D eigenvalue weighted by Crippen LogP contribution is 2.35. The van der Waals surface area contributed by atoms with Crippen molar-refractivity contribution in [2.45, 2.75) is 38.2 Å². The Bertz CT molecular complexity index is 561. The van der Waals surface area contributed by atoms with Crippen LogP contribution in [-0.2, 0) is 4.79 Å². The molecule has 2 aliphatic rings. The van der Waals surface area contributed by atoms with Crippen LogP contribution in [-0.4, -0.2) is 35.5 Å². The number of carbonyl (C=O) groups is 1. The number of aliphatic hydroxyl groups excluding tert-OH is 1. The van der Waals surface area contributed by atoms with Gasteiger partial charge >= 0.3 is 0 Å². The van der Waals surface area contributed by atoms with E-state index in [0.717, 1.165) is 37.7 Å². The molecule has 3 N–H and O–H groups in total. The summed E-state index contributed by atoms with van der Waals surface area (Å²) in [6, 6.07) is 6.04. The lowest BCUT2D eigenvalue weighted by molar-refractivity contribution is -0.138. The largest absolute Gasteiger partial charge is 0.388 e. The molecule has 1 aromatic rings. The Balaban J connectivity index is 0.00000225. The number of nitrogens with two attached hydrogens (primary N) is 1. The minimum atomic E-state index is -0.592. The third kappa shape index (κ3) is 4.52. The van der Waals surface area contributed by atoms with Crippen molar-refractivity contribution in [3.63, 3.8) is 0 Å². The van der Waals surface area contributed by atoms with Crippen molar-refractivity contribution in [3.8, 4) is 0 Å². The first-order valence-electron chi connectivity index (χ1n) is 9.02. The third-order valence-corrected chi connectivity index (χ3v) is 5.79. The minimum Gasteiger partial charge on any atom is -0.388 e. The topological polar surface area (TPSA) is 66.6 Å². The maximum absolute atomic E-state index is 13.0. The molecule has 2 fully saturated rings. The fraction of sp³-hybridized carbons (Fsp3) is 0.632. The lowest BCUT2D eigenvalue weighted by atomic mass is 9.86. The summed E-state index contributed by atoms with van der Waals surface area (Å²) in [5, 5.41) is 10.5. The molecule has 1 aliphatic heterocycles. The summed E-state index contributed by atoms with van der Waals surface area (Å²) in [7, 11) is 0. The first kappa shape index (κ1) is 20.1. The van der Waals surface area contributed by atoms with Crippen molar-refractivity contribution in [1.29, 1.82) is 0 Å². The monoisotopic (exact) mass is 370 g/mol. The van der Waals surface area contributed by atoms with Crippen molar-refractivity contribution >= 4 is 18.3 Å². The van der Waals surface area contributed by atoms with E-state index in [1.165, 1.54) is 12.1 Å². The second-order valence-electron chi connectivity index (χ2n) is 7.19. The smallest absolute Gasteiger partial charge is 0.226 e. The number of halogens is 2. The summed E-state index contributed by atoms with van der Waals surface area (Å²) in [5.41, 5.74) is 6.55. The van der Waals surface area contributed by atoms with Gasteiger partial charge in [0.05, 0.1) is 6.10 Å². The number of aliphatic hydroxyl groups is 1. The first-order chi connectivity index (χ1) is 11.6. The number of benzene rings is 1. The van der Waals surface area contributed by atoms with Crippen LogP contribution in [0.5, 0.6) is 0 Å². The molecule has 0 bridgehead atoms. The van der Waals surface area contributed by atoms with Gasteiger partial charge in [-0.3, -0.25) is 4.79 Å². The molecule has 0 aromatic heterocycles. The predicted octanol–water partition coefficient (Wildman–Crippen LogP) is 2.89. The molecule has 1 aromatic carbocycles. The Morgan fingerprint density at radius 2 is 1.84 bits per heavy atom. The average Bonchev–Trinajstić information content (AvgIpc) is 3.10. The van der Waals surface area contributed by atoms with Gasteiger partial charge in [0, 0.05) is 19.0 Å². The van der Waals surface area contributed by atoms with Crippen LogP contribution in [0.25, 0.3) is 0 Å². The maximum Gasteiger partial charge on any atom is 0.226 e. The molecule has 0 spiro atoms. The van der Waals surface area contributed by atoms with Gasteiger partial charge in [0.2, 0.25) is 5.91 Å². The molecule has 1 aliphatic carbocycles. The lowest BCUT2D eigenvalue weighted by Gasteiger charge is -2.36. The molecular weight excluding hydrogens is 343 g/mol. The molecule has 3 rings (SSSR count). The highest BCUT2D eigenvalue weighted by molar-refractivity contribution is 5.85. The van der Waals surface area contributed by atoms with E-state index in [4.69, 9.17) is 5.73 Å². The lowest BCUT2D eigenvalue weighted by Crippen LogP contribution is -2.44. The number of amides is 1. The van der Waals surface area contributed by atoms with Crippen LogP contribution in [0, 0.1) is 23.6 Å². The molecule has 1 saturated carbocycles. The molecule has 0 radical (unpaired) electrons. The number of rotatable bonds is 4. The van der Waals surface area contributed by atoms with E-state index in [9.17, 15) is 14.3 Å². The van der Waals surface area contributed by atoms with E-state index in [0.29, 0.717) is 25.6 Å². The second kappa shape index (κ2) is 8.97. The Hall–Kier alpha value is -1.17. The Labute approximate surface area is 155 Å². The summed E-state index contributed by atoms with van der Waals surface area (Å²) in [4.78, 5) is 14.7. The normalized spacial score (nSPS) is 25.5. The number of nitrogens with zero attached hydrogens (tertiary/aromatic N) is 1.